The number of carbonyl (C=O) groups excluding carboxylic acids is 1. The first-order valence-corrected chi connectivity index (χ1v) is 7.35. The molecule has 0 N–H and O–H groups in total. The molecule has 100 valence electrons. The lowest BCUT2D eigenvalue weighted by Gasteiger charge is -2.14. The van der Waals surface area contributed by atoms with Crippen LogP contribution in [0.25, 0.3) is 10.2 Å². The molecule has 4 nitrogen and oxygen atoms in total. The van der Waals surface area contributed by atoms with Crippen molar-refractivity contribution < 1.29 is 9.53 Å². The van der Waals surface area contributed by atoms with Crippen LogP contribution >= 0.6 is 11.3 Å². The number of fused-ring (bicyclic) bond motifs is 1. The van der Waals surface area contributed by atoms with E-state index < -0.39 is 0 Å². The number of pyridine rings is 1. The number of aldehydes is 1. The van der Waals surface area contributed by atoms with Gasteiger partial charge >= 0.3 is 0 Å². The van der Waals surface area contributed by atoms with Crippen molar-refractivity contribution in [1.29, 1.82) is 0 Å². The van der Waals surface area contributed by atoms with Crippen LogP contribution in [0.3, 0.4) is 0 Å². The fourth-order valence-corrected chi connectivity index (χ4v) is 3.23. The minimum atomic E-state index is 0.232. The molecule has 3 heterocycles. The van der Waals surface area contributed by atoms with E-state index in [2.05, 4.69) is 16.8 Å². The van der Waals surface area contributed by atoms with Gasteiger partial charge in [-0.25, -0.2) is 4.98 Å². The Kier molecular flexibility index (Phi) is 3.48. The number of thiophene rings is 1. The number of nitrogens with zero attached hydrogens (tertiary/aromatic N) is 2. The third kappa shape index (κ3) is 2.62. The summed E-state index contributed by atoms with van der Waals surface area (Å²) in [5.41, 5.74) is 0. The fraction of sp³-hybridized carbons (Fsp3) is 0.429. The van der Waals surface area contributed by atoms with E-state index in [1.807, 2.05) is 18.2 Å². The first-order valence-electron chi connectivity index (χ1n) is 6.53. The molecule has 1 aliphatic heterocycles. The van der Waals surface area contributed by atoms with Crippen molar-refractivity contribution in [2.45, 2.75) is 19.4 Å². The van der Waals surface area contributed by atoms with Crippen molar-refractivity contribution in [3.8, 4) is 5.88 Å². The lowest BCUT2D eigenvalue weighted by molar-refractivity contribution is 0.112. The van der Waals surface area contributed by atoms with Crippen LogP contribution in [0.5, 0.6) is 5.88 Å². The van der Waals surface area contributed by atoms with Gasteiger partial charge in [-0.3, -0.25) is 9.69 Å². The maximum absolute atomic E-state index is 10.8. The molecule has 1 atom stereocenters. The van der Waals surface area contributed by atoms with Crippen molar-refractivity contribution in [2.75, 3.05) is 19.6 Å². The number of likely N-dealkylation sites (tertiary alicyclic amines) is 1. The highest BCUT2D eigenvalue weighted by atomic mass is 32.1. The summed E-state index contributed by atoms with van der Waals surface area (Å²) < 4.78 is 5.92. The Morgan fingerprint density at radius 1 is 1.58 bits per heavy atom. The molecule has 1 fully saturated rings. The molecule has 1 unspecified atom stereocenters. The molecule has 5 heteroatoms. The van der Waals surface area contributed by atoms with Crippen molar-refractivity contribution in [1.82, 2.24) is 9.88 Å². The van der Waals surface area contributed by atoms with Gasteiger partial charge in [-0.2, -0.15) is 0 Å². The number of likely N-dealkylation sites (N-methyl/N-ethyl adjacent to an activating group) is 1. The van der Waals surface area contributed by atoms with Gasteiger partial charge in [-0.15, -0.1) is 11.3 Å². The third-order valence-electron chi connectivity index (χ3n) is 3.46. The van der Waals surface area contributed by atoms with Crippen LogP contribution in [0.4, 0.5) is 0 Å². The Hall–Kier alpha value is -1.46. The number of hydrogen-bond donors (Lipinski definition) is 0. The SMILES string of the molecule is CCN1CCC(Oc2ccc3cc(C=O)sc3n2)C1. The van der Waals surface area contributed by atoms with Crippen molar-refractivity contribution in [2.24, 2.45) is 0 Å². The second-order valence-electron chi connectivity index (χ2n) is 4.73. The Morgan fingerprint density at radius 3 is 3.21 bits per heavy atom. The van der Waals surface area contributed by atoms with Gasteiger partial charge in [-0.05, 0) is 25.1 Å². The summed E-state index contributed by atoms with van der Waals surface area (Å²) in [6.45, 7) is 5.30. The van der Waals surface area contributed by atoms with E-state index in [0.29, 0.717) is 10.8 Å². The Morgan fingerprint density at radius 2 is 2.47 bits per heavy atom. The largest absolute Gasteiger partial charge is 0.473 e. The predicted octanol–water partition coefficient (Wildman–Crippen LogP) is 2.58. The smallest absolute Gasteiger partial charge is 0.214 e. The molecule has 0 aliphatic carbocycles. The molecule has 1 aliphatic rings. The van der Waals surface area contributed by atoms with E-state index in [1.54, 1.807) is 0 Å². The third-order valence-corrected chi connectivity index (χ3v) is 4.43. The zero-order valence-electron chi connectivity index (χ0n) is 10.8. The maximum Gasteiger partial charge on any atom is 0.214 e. The topological polar surface area (TPSA) is 42.4 Å². The summed E-state index contributed by atoms with van der Waals surface area (Å²) in [6.07, 6.45) is 2.15. The van der Waals surface area contributed by atoms with Crippen LogP contribution in [0.2, 0.25) is 0 Å². The van der Waals surface area contributed by atoms with E-state index in [1.165, 1.54) is 11.3 Å². The molecule has 0 amide bonds. The molecular weight excluding hydrogens is 260 g/mol. The fourth-order valence-electron chi connectivity index (χ4n) is 2.40. The number of hydrogen-bond acceptors (Lipinski definition) is 5. The first kappa shape index (κ1) is 12.6. The maximum atomic E-state index is 10.8. The Balaban J connectivity index is 1.76. The average molecular weight is 276 g/mol. The van der Waals surface area contributed by atoms with Crippen molar-refractivity contribution >= 4 is 27.8 Å². The van der Waals surface area contributed by atoms with Crippen LogP contribution in [-0.2, 0) is 0 Å². The summed E-state index contributed by atoms with van der Waals surface area (Å²) >= 11 is 1.40. The number of ether oxygens (including phenoxy) is 1. The molecular formula is C14H16N2O2S. The molecule has 3 rings (SSSR count). The summed E-state index contributed by atoms with van der Waals surface area (Å²) in [5, 5.41) is 1.00. The molecule has 19 heavy (non-hydrogen) atoms. The van der Waals surface area contributed by atoms with Crippen LogP contribution in [0, 0.1) is 0 Å². The van der Waals surface area contributed by atoms with E-state index in [4.69, 9.17) is 4.74 Å². The summed E-state index contributed by atoms with van der Waals surface area (Å²) in [7, 11) is 0. The van der Waals surface area contributed by atoms with E-state index in [0.717, 1.165) is 42.6 Å². The molecule has 0 bridgehead atoms. The monoisotopic (exact) mass is 276 g/mol. The molecule has 1 saturated heterocycles. The van der Waals surface area contributed by atoms with Gasteiger partial charge in [0.05, 0.1) is 4.88 Å². The molecule has 2 aromatic rings. The summed E-state index contributed by atoms with van der Waals surface area (Å²) in [5.74, 6) is 0.662. The molecule has 2 aromatic heterocycles. The average Bonchev–Trinajstić information content (AvgIpc) is 3.04. The summed E-state index contributed by atoms with van der Waals surface area (Å²) in [4.78, 5) is 19.2. The molecule has 0 saturated carbocycles. The zero-order chi connectivity index (χ0) is 13.2. The highest BCUT2D eigenvalue weighted by Crippen LogP contribution is 2.26. The minimum Gasteiger partial charge on any atom is -0.473 e. The molecule has 0 radical (unpaired) electrons. The first-order chi connectivity index (χ1) is 9.28. The number of carbonyl (C=O) groups is 1. The van der Waals surface area contributed by atoms with Gasteiger partial charge in [-0.1, -0.05) is 6.92 Å². The lowest BCUT2D eigenvalue weighted by Crippen LogP contribution is -2.24. The van der Waals surface area contributed by atoms with Crippen LogP contribution < -0.4 is 4.74 Å². The quantitative estimate of drug-likeness (QED) is 0.805. The standard InChI is InChI=1S/C14H16N2O2S/c1-2-16-6-5-11(8-16)18-13-4-3-10-7-12(9-17)19-14(10)15-13/h3-4,7,9,11H,2,5-6,8H2,1H3. The van der Waals surface area contributed by atoms with E-state index >= 15 is 0 Å². The van der Waals surface area contributed by atoms with Gasteiger partial charge in [0.15, 0.2) is 6.29 Å². The van der Waals surface area contributed by atoms with E-state index in [9.17, 15) is 4.79 Å². The minimum absolute atomic E-state index is 0.232. The van der Waals surface area contributed by atoms with Gasteiger partial charge in [0.1, 0.15) is 10.9 Å². The Bertz CT molecular complexity index is 596. The van der Waals surface area contributed by atoms with Crippen LogP contribution in [0.1, 0.15) is 23.0 Å². The van der Waals surface area contributed by atoms with Gasteiger partial charge < -0.3 is 4.74 Å². The van der Waals surface area contributed by atoms with Gasteiger partial charge in [0.2, 0.25) is 5.88 Å². The van der Waals surface area contributed by atoms with Crippen LogP contribution in [-0.4, -0.2) is 41.9 Å². The highest BCUT2D eigenvalue weighted by Gasteiger charge is 2.23. The molecule has 0 aromatic carbocycles. The predicted molar refractivity (Wildman–Crippen MR) is 76.2 cm³/mol. The molecule has 0 spiro atoms. The van der Waals surface area contributed by atoms with Gasteiger partial charge in [0, 0.05) is 24.5 Å². The summed E-state index contributed by atoms with van der Waals surface area (Å²) in [6, 6.07) is 5.71. The normalized spacial score (nSPS) is 19.9. The number of aromatic nitrogens is 1. The van der Waals surface area contributed by atoms with Gasteiger partial charge in [0.25, 0.3) is 0 Å². The van der Waals surface area contributed by atoms with Crippen molar-refractivity contribution in [3.05, 3.63) is 23.1 Å². The van der Waals surface area contributed by atoms with E-state index in [-0.39, 0.29) is 6.10 Å². The van der Waals surface area contributed by atoms with Crippen LogP contribution in [0.15, 0.2) is 18.2 Å². The highest BCUT2D eigenvalue weighted by molar-refractivity contribution is 7.20. The second-order valence-corrected chi connectivity index (χ2v) is 5.79. The lowest BCUT2D eigenvalue weighted by atomic mass is 10.3. The second kappa shape index (κ2) is 5.27. The van der Waals surface area contributed by atoms with Crippen molar-refractivity contribution in [3.63, 3.8) is 0 Å². The number of rotatable bonds is 4. The zero-order valence-corrected chi connectivity index (χ0v) is 11.7. The Labute approximate surface area is 116 Å².